The summed E-state index contributed by atoms with van der Waals surface area (Å²) in [4.78, 5) is 13.2. The van der Waals surface area contributed by atoms with Gasteiger partial charge in [0.15, 0.2) is 0 Å². The van der Waals surface area contributed by atoms with E-state index >= 15 is 0 Å². The molecule has 0 N–H and O–H groups in total. The molecule has 64 valence electrons. The molecule has 0 saturated carbocycles. The second-order valence-corrected chi connectivity index (χ2v) is 3.50. The summed E-state index contributed by atoms with van der Waals surface area (Å²) < 4.78 is 0. The van der Waals surface area contributed by atoms with Crippen LogP contribution in [0.3, 0.4) is 0 Å². The molecule has 0 unspecified atom stereocenters. The highest BCUT2D eigenvalue weighted by Crippen LogP contribution is 2.26. The lowest BCUT2D eigenvalue weighted by molar-refractivity contribution is -0.132. The number of hydrogen-bond donors (Lipinski definition) is 0. The van der Waals surface area contributed by atoms with Crippen molar-refractivity contribution >= 4 is 17.5 Å². The van der Waals surface area contributed by atoms with Crippen LogP contribution in [-0.2, 0) is 4.79 Å². The van der Waals surface area contributed by atoms with Crippen LogP contribution in [0, 0.1) is 0 Å². The first kappa shape index (κ1) is 7.87. The van der Waals surface area contributed by atoms with Crippen LogP contribution in [0.1, 0.15) is 12.8 Å². The van der Waals surface area contributed by atoms with Crippen molar-refractivity contribution < 1.29 is 4.79 Å². The third-order valence-electron chi connectivity index (χ3n) is 2.31. The van der Waals surface area contributed by atoms with Gasteiger partial charge in [-0.3, -0.25) is 4.79 Å². The lowest BCUT2D eigenvalue weighted by Crippen LogP contribution is -2.44. The Bertz CT molecular complexity index is 270. The quantitative estimate of drug-likeness (QED) is 0.524. The van der Waals surface area contributed by atoms with Gasteiger partial charge in [-0.2, -0.15) is 0 Å². The van der Waals surface area contributed by atoms with Crippen molar-refractivity contribution in [1.29, 1.82) is 0 Å². The van der Waals surface area contributed by atoms with Crippen molar-refractivity contribution in [3.8, 4) is 0 Å². The summed E-state index contributed by atoms with van der Waals surface area (Å²) in [5.41, 5.74) is 0. The number of nitrogens with zero attached hydrogens (tertiary/aromatic N) is 1. The van der Waals surface area contributed by atoms with Crippen LogP contribution in [-0.4, -0.2) is 23.4 Å². The summed E-state index contributed by atoms with van der Waals surface area (Å²) in [5.74, 6) is 0.189. The fourth-order valence-electron chi connectivity index (χ4n) is 1.64. The van der Waals surface area contributed by atoms with E-state index in [9.17, 15) is 4.79 Å². The predicted molar refractivity (Wildman–Crippen MR) is 47.8 cm³/mol. The number of amides is 1. The molecular weight excluding hydrogens is 174 g/mol. The molecule has 1 amide bonds. The first-order valence-corrected chi connectivity index (χ1v) is 4.47. The van der Waals surface area contributed by atoms with Crippen molar-refractivity contribution in [1.82, 2.24) is 4.90 Å². The molecule has 2 rings (SSSR count). The van der Waals surface area contributed by atoms with Crippen LogP contribution in [0.5, 0.6) is 0 Å². The fourth-order valence-corrected chi connectivity index (χ4v) is 1.93. The Hall–Kier alpha value is -0.760. The zero-order valence-corrected chi connectivity index (χ0v) is 7.42. The summed E-state index contributed by atoms with van der Waals surface area (Å²) in [6, 6.07) is 0.123. The minimum absolute atomic E-state index is 0.123. The van der Waals surface area contributed by atoms with E-state index in [1.165, 1.54) is 0 Å². The summed E-state index contributed by atoms with van der Waals surface area (Å²) >= 11 is 5.99. The molecule has 2 nitrogen and oxygen atoms in total. The van der Waals surface area contributed by atoms with Gasteiger partial charge >= 0.3 is 0 Å². The predicted octanol–water partition coefficient (Wildman–Crippen LogP) is 1.67. The van der Waals surface area contributed by atoms with Gasteiger partial charge in [0.1, 0.15) is 0 Å². The van der Waals surface area contributed by atoms with E-state index in [-0.39, 0.29) is 11.9 Å². The lowest BCUT2D eigenvalue weighted by Gasteiger charge is -2.35. The molecule has 0 saturated heterocycles. The molecule has 0 aliphatic carbocycles. The first-order valence-electron chi connectivity index (χ1n) is 4.09. The monoisotopic (exact) mass is 183 g/mol. The molecule has 0 aromatic heterocycles. The maximum Gasteiger partial charge on any atom is 0.227 e. The Kier molecular flexibility index (Phi) is 1.93. The highest BCUT2D eigenvalue weighted by molar-refractivity contribution is 6.30. The van der Waals surface area contributed by atoms with E-state index in [4.69, 9.17) is 11.6 Å². The molecule has 0 spiro atoms. The Balaban J connectivity index is 2.29. The van der Waals surface area contributed by atoms with E-state index in [0.717, 1.165) is 11.5 Å². The maximum absolute atomic E-state index is 11.4. The molecule has 0 bridgehead atoms. The van der Waals surface area contributed by atoms with Crippen LogP contribution in [0.2, 0.25) is 0 Å². The molecule has 3 heteroatoms. The molecule has 2 aliphatic heterocycles. The lowest BCUT2D eigenvalue weighted by atomic mass is 10.0. The number of halogens is 1. The topological polar surface area (TPSA) is 20.3 Å². The van der Waals surface area contributed by atoms with Gasteiger partial charge in [-0.15, -0.1) is 0 Å². The van der Waals surface area contributed by atoms with Crippen LogP contribution >= 0.6 is 11.6 Å². The summed E-state index contributed by atoms with van der Waals surface area (Å²) in [6.45, 7) is 0.716. The van der Waals surface area contributed by atoms with Gasteiger partial charge in [-0.1, -0.05) is 29.8 Å². The maximum atomic E-state index is 11.4. The van der Waals surface area contributed by atoms with Crippen molar-refractivity contribution in [3.05, 3.63) is 23.3 Å². The van der Waals surface area contributed by atoms with Gasteiger partial charge in [-0.05, 0) is 6.42 Å². The van der Waals surface area contributed by atoms with E-state index < -0.39 is 0 Å². The summed E-state index contributed by atoms with van der Waals surface area (Å²) in [6.07, 6.45) is 7.24. The van der Waals surface area contributed by atoms with Crippen molar-refractivity contribution in [3.63, 3.8) is 0 Å². The third kappa shape index (κ3) is 1.16. The Morgan fingerprint density at radius 2 is 2.33 bits per heavy atom. The van der Waals surface area contributed by atoms with Crippen LogP contribution in [0.25, 0.3) is 0 Å². The molecule has 0 aromatic carbocycles. The minimum Gasteiger partial charge on any atom is -0.330 e. The number of carbonyl (C=O) groups is 1. The van der Waals surface area contributed by atoms with Crippen LogP contribution in [0.4, 0.5) is 0 Å². The van der Waals surface area contributed by atoms with Gasteiger partial charge in [0, 0.05) is 18.0 Å². The third-order valence-corrected chi connectivity index (χ3v) is 2.72. The number of rotatable bonds is 0. The second kappa shape index (κ2) is 2.94. The zero-order chi connectivity index (χ0) is 8.55. The number of fused-ring (bicyclic) bond motifs is 1. The van der Waals surface area contributed by atoms with E-state index in [1.807, 2.05) is 17.1 Å². The van der Waals surface area contributed by atoms with Gasteiger partial charge in [0.25, 0.3) is 0 Å². The number of hydrogen-bond acceptors (Lipinski definition) is 1. The Labute approximate surface area is 76.5 Å². The van der Waals surface area contributed by atoms with Crippen LogP contribution in [0.15, 0.2) is 23.3 Å². The Morgan fingerprint density at radius 3 is 3.08 bits per heavy atom. The van der Waals surface area contributed by atoms with Gasteiger partial charge in [0.2, 0.25) is 5.91 Å². The van der Waals surface area contributed by atoms with E-state index in [1.54, 1.807) is 0 Å². The molecule has 0 aromatic rings. The molecule has 2 aliphatic rings. The Morgan fingerprint density at radius 1 is 1.50 bits per heavy atom. The molecule has 2 heterocycles. The largest absolute Gasteiger partial charge is 0.330 e. The highest BCUT2D eigenvalue weighted by Gasteiger charge is 2.29. The van der Waals surface area contributed by atoms with Crippen molar-refractivity contribution in [2.75, 3.05) is 6.54 Å². The standard InChI is InChI=1S/C9H10ClNO/c10-7-4-5-9(12)11-6-2-1-3-8(7)11/h1-2,4,8H,3,5-6H2/t8-/m1/s1. The van der Waals surface area contributed by atoms with Crippen molar-refractivity contribution in [2.24, 2.45) is 0 Å². The number of carbonyl (C=O) groups excluding carboxylic acids is 1. The van der Waals surface area contributed by atoms with Gasteiger partial charge in [-0.25, -0.2) is 0 Å². The molecule has 1 atom stereocenters. The summed E-state index contributed by atoms with van der Waals surface area (Å²) in [5, 5.41) is 0.818. The normalized spacial score (nSPS) is 28.4. The highest BCUT2D eigenvalue weighted by atomic mass is 35.5. The average Bonchev–Trinajstić information content (AvgIpc) is 2.12. The molecule has 0 radical (unpaired) electrons. The second-order valence-electron chi connectivity index (χ2n) is 3.06. The first-order chi connectivity index (χ1) is 5.79. The molecule has 12 heavy (non-hydrogen) atoms. The SMILES string of the molecule is O=C1CC=C(Cl)[C@H]2CC=CCN12. The molecular formula is C9H10ClNO. The zero-order valence-electron chi connectivity index (χ0n) is 6.66. The smallest absolute Gasteiger partial charge is 0.227 e. The van der Waals surface area contributed by atoms with E-state index in [0.29, 0.717) is 13.0 Å². The average molecular weight is 184 g/mol. The summed E-state index contributed by atoms with van der Waals surface area (Å²) in [7, 11) is 0. The van der Waals surface area contributed by atoms with Gasteiger partial charge in [0.05, 0.1) is 6.04 Å². The van der Waals surface area contributed by atoms with Crippen molar-refractivity contribution in [2.45, 2.75) is 18.9 Å². The van der Waals surface area contributed by atoms with Crippen LogP contribution < -0.4 is 0 Å². The fraction of sp³-hybridized carbons (Fsp3) is 0.444. The molecule has 0 fully saturated rings. The van der Waals surface area contributed by atoms with E-state index in [2.05, 4.69) is 6.08 Å². The van der Waals surface area contributed by atoms with Gasteiger partial charge < -0.3 is 4.90 Å². The minimum atomic E-state index is 0.123.